The fourth-order valence-corrected chi connectivity index (χ4v) is 6.23. The first-order valence-corrected chi connectivity index (χ1v) is 11.7. The van der Waals surface area contributed by atoms with E-state index < -0.39 is 5.41 Å². The van der Waals surface area contributed by atoms with Crippen LogP contribution in [0.15, 0.2) is 42.5 Å². The predicted molar refractivity (Wildman–Crippen MR) is 124 cm³/mol. The van der Waals surface area contributed by atoms with Crippen molar-refractivity contribution in [3.8, 4) is 11.8 Å². The van der Waals surface area contributed by atoms with E-state index in [9.17, 15) is 10.1 Å². The molecule has 1 saturated carbocycles. The summed E-state index contributed by atoms with van der Waals surface area (Å²) in [7, 11) is 0. The van der Waals surface area contributed by atoms with Gasteiger partial charge in [-0.2, -0.15) is 5.26 Å². The number of amides is 1. The summed E-state index contributed by atoms with van der Waals surface area (Å²) in [6.07, 6.45) is 2.42. The Bertz CT molecular complexity index is 1030. The summed E-state index contributed by atoms with van der Waals surface area (Å²) in [5.41, 5.74) is 2.32. The average molecular weight is 453 g/mol. The minimum Gasteiger partial charge on any atom is -0.491 e. The highest BCUT2D eigenvalue weighted by Gasteiger charge is 2.59. The molecule has 2 aromatic rings. The average Bonchev–Trinajstić information content (AvgIpc) is 3.07. The van der Waals surface area contributed by atoms with Gasteiger partial charge in [0, 0.05) is 17.0 Å². The largest absolute Gasteiger partial charge is 0.491 e. The van der Waals surface area contributed by atoms with E-state index in [1.165, 1.54) is 0 Å². The smallest absolute Gasteiger partial charge is 0.226 e. The molecule has 5 atom stereocenters. The molecule has 1 amide bonds. The van der Waals surface area contributed by atoms with E-state index >= 15 is 0 Å². The number of nitrogens with one attached hydrogen (secondary N) is 1. The SMILES string of the molecule is CC[C@@]12CC[C@@H](c3ccc(OCCO)cc3C#N)[C@H](c3ccc(Cl)cc3)[C@@H]1[C@@H](C)NC2=O. The van der Waals surface area contributed by atoms with Crippen LogP contribution in [-0.4, -0.2) is 30.3 Å². The summed E-state index contributed by atoms with van der Waals surface area (Å²) in [5, 5.41) is 22.9. The van der Waals surface area contributed by atoms with Gasteiger partial charge in [0.15, 0.2) is 0 Å². The Kier molecular flexibility index (Phi) is 6.46. The third kappa shape index (κ3) is 3.76. The maximum Gasteiger partial charge on any atom is 0.226 e. The number of benzene rings is 2. The van der Waals surface area contributed by atoms with E-state index in [0.29, 0.717) is 16.3 Å². The lowest BCUT2D eigenvalue weighted by molar-refractivity contribution is -0.131. The molecule has 1 heterocycles. The van der Waals surface area contributed by atoms with Crippen molar-refractivity contribution in [1.29, 1.82) is 5.26 Å². The van der Waals surface area contributed by atoms with Crippen molar-refractivity contribution in [2.24, 2.45) is 11.3 Å². The van der Waals surface area contributed by atoms with Gasteiger partial charge >= 0.3 is 0 Å². The van der Waals surface area contributed by atoms with Gasteiger partial charge in [0.1, 0.15) is 12.4 Å². The third-order valence-electron chi connectivity index (χ3n) is 7.50. The molecule has 1 saturated heterocycles. The summed E-state index contributed by atoms with van der Waals surface area (Å²) in [4.78, 5) is 13.1. The molecule has 0 radical (unpaired) electrons. The molecule has 2 aliphatic rings. The number of nitriles is 1. The lowest BCUT2D eigenvalue weighted by atomic mass is 9.54. The lowest BCUT2D eigenvalue weighted by Gasteiger charge is -2.47. The molecule has 5 nitrogen and oxygen atoms in total. The maximum atomic E-state index is 13.1. The Labute approximate surface area is 194 Å². The van der Waals surface area contributed by atoms with Crippen molar-refractivity contribution < 1.29 is 14.6 Å². The van der Waals surface area contributed by atoms with Crippen molar-refractivity contribution in [2.75, 3.05) is 13.2 Å². The summed E-state index contributed by atoms with van der Waals surface area (Å²) in [5.74, 6) is 1.02. The Morgan fingerprint density at radius 3 is 2.69 bits per heavy atom. The van der Waals surface area contributed by atoms with Gasteiger partial charge in [-0.1, -0.05) is 36.7 Å². The lowest BCUT2D eigenvalue weighted by Crippen LogP contribution is -2.44. The Balaban J connectivity index is 1.82. The molecule has 2 N–H and O–H groups in total. The summed E-state index contributed by atoms with van der Waals surface area (Å²) >= 11 is 6.19. The number of rotatable bonds is 6. The van der Waals surface area contributed by atoms with Crippen molar-refractivity contribution in [3.05, 3.63) is 64.2 Å². The molecule has 0 bridgehead atoms. The topological polar surface area (TPSA) is 82.3 Å². The van der Waals surface area contributed by atoms with Gasteiger partial charge < -0.3 is 15.2 Å². The molecule has 4 rings (SSSR count). The van der Waals surface area contributed by atoms with Crippen LogP contribution < -0.4 is 10.1 Å². The van der Waals surface area contributed by atoms with Crippen molar-refractivity contribution in [3.63, 3.8) is 0 Å². The minimum atomic E-state index is -0.392. The zero-order valence-corrected chi connectivity index (χ0v) is 19.2. The summed E-state index contributed by atoms with van der Waals surface area (Å²) < 4.78 is 5.53. The highest BCUT2D eigenvalue weighted by Crippen LogP contribution is 2.60. The van der Waals surface area contributed by atoms with Crippen LogP contribution in [0.2, 0.25) is 5.02 Å². The second-order valence-corrected chi connectivity index (χ2v) is 9.39. The molecule has 0 spiro atoms. The molecule has 0 aromatic heterocycles. The van der Waals surface area contributed by atoms with Gasteiger partial charge in [-0.05, 0) is 73.4 Å². The van der Waals surface area contributed by atoms with E-state index in [2.05, 4.69) is 37.4 Å². The standard InChI is InChI=1S/C26H29ClN2O3/c1-3-26-11-10-22(21-9-8-20(32-13-12-30)14-18(21)15-28)23(17-4-6-19(27)7-5-17)24(26)16(2)29-25(26)31/h4-9,14,16,22-24,30H,3,10-13H2,1-2H3,(H,29,31)/t16-,22+,23+,24+,26-/m1/s1. The number of fused-ring (bicyclic) bond motifs is 1. The molecule has 1 aliphatic heterocycles. The van der Waals surface area contributed by atoms with Gasteiger partial charge in [0.2, 0.25) is 5.91 Å². The highest BCUT2D eigenvalue weighted by atomic mass is 35.5. The van der Waals surface area contributed by atoms with Gasteiger partial charge in [0.25, 0.3) is 0 Å². The molecule has 1 aliphatic carbocycles. The summed E-state index contributed by atoms with van der Waals surface area (Å²) in [6, 6.07) is 15.9. The van der Waals surface area contributed by atoms with Gasteiger partial charge in [-0.25, -0.2) is 0 Å². The fraction of sp³-hybridized carbons (Fsp3) is 0.462. The van der Waals surface area contributed by atoms with E-state index in [-0.39, 0.29) is 42.9 Å². The molecule has 2 fully saturated rings. The number of halogens is 1. The number of aliphatic hydroxyl groups excluding tert-OH is 1. The number of aliphatic hydroxyl groups is 1. The van der Waals surface area contributed by atoms with Crippen LogP contribution in [0.5, 0.6) is 5.75 Å². The van der Waals surface area contributed by atoms with Crippen LogP contribution in [0, 0.1) is 22.7 Å². The van der Waals surface area contributed by atoms with Crippen LogP contribution in [0.1, 0.15) is 61.6 Å². The minimum absolute atomic E-state index is 0.0450. The van der Waals surface area contributed by atoms with E-state index in [1.807, 2.05) is 24.3 Å². The molecular formula is C26H29ClN2O3. The van der Waals surface area contributed by atoms with Gasteiger partial charge in [-0.3, -0.25) is 4.79 Å². The van der Waals surface area contributed by atoms with E-state index in [0.717, 1.165) is 30.4 Å². The van der Waals surface area contributed by atoms with Crippen molar-refractivity contribution >= 4 is 17.5 Å². The van der Waals surface area contributed by atoms with Crippen LogP contribution in [0.25, 0.3) is 0 Å². The van der Waals surface area contributed by atoms with Gasteiger partial charge in [0.05, 0.1) is 23.7 Å². The zero-order valence-electron chi connectivity index (χ0n) is 18.5. The Morgan fingerprint density at radius 2 is 2.03 bits per heavy atom. The second-order valence-electron chi connectivity index (χ2n) is 8.95. The number of nitrogens with zero attached hydrogens (tertiary/aromatic N) is 1. The first-order valence-electron chi connectivity index (χ1n) is 11.3. The number of ether oxygens (including phenoxy) is 1. The summed E-state index contributed by atoms with van der Waals surface area (Å²) in [6.45, 7) is 4.32. The van der Waals surface area contributed by atoms with Crippen molar-refractivity contribution in [2.45, 2.75) is 51.0 Å². The molecule has 168 valence electrons. The highest BCUT2D eigenvalue weighted by molar-refractivity contribution is 6.30. The maximum absolute atomic E-state index is 13.1. The Morgan fingerprint density at radius 1 is 1.28 bits per heavy atom. The van der Waals surface area contributed by atoms with Crippen LogP contribution in [0.4, 0.5) is 0 Å². The third-order valence-corrected chi connectivity index (χ3v) is 7.75. The molecular weight excluding hydrogens is 424 g/mol. The molecule has 6 heteroatoms. The first kappa shape index (κ1) is 22.6. The van der Waals surface area contributed by atoms with E-state index in [1.54, 1.807) is 6.07 Å². The quantitative estimate of drug-likeness (QED) is 0.661. The first-order chi connectivity index (χ1) is 15.4. The second kappa shape index (κ2) is 9.13. The van der Waals surface area contributed by atoms with Gasteiger partial charge in [-0.15, -0.1) is 0 Å². The van der Waals surface area contributed by atoms with E-state index in [4.69, 9.17) is 21.4 Å². The number of hydrogen-bond acceptors (Lipinski definition) is 4. The molecule has 0 unspecified atom stereocenters. The van der Waals surface area contributed by atoms with Crippen LogP contribution in [0.3, 0.4) is 0 Å². The monoisotopic (exact) mass is 452 g/mol. The molecule has 32 heavy (non-hydrogen) atoms. The van der Waals surface area contributed by atoms with Crippen LogP contribution in [-0.2, 0) is 4.79 Å². The number of carbonyl (C=O) groups is 1. The predicted octanol–water partition coefficient (Wildman–Crippen LogP) is 4.77. The molecule has 2 aromatic carbocycles. The Hall–Kier alpha value is -2.55. The number of hydrogen-bond donors (Lipinski definition) is 2. The zero-order chi connectivity index (χ0) is 22.9. The number of carbonyl (C=O) groups excluding carboxylic acids is 1. The fourth-order valence-electron chi connectivity index (χ4n) is 6.10. The van der Waals surface area contributed by atoms with Crippen molar-refractivity contribution in [1.82, 2.24) is 5.32 Å². The van der Waals surface area contributed by atoms with Crippen LogP contribution >= 0.6 is 11.6 Å². The normalized spacial score (nSPS) is 29.2.